The van der Waals surface area contributed by atoms with Crippen molar-refractivity contribution in [2.75, 3.05) is 7.11 Å². The van der Waals surface area contributed by atoms with Crippen LogP contribution in [0.2, 0.25) is 0 Å². The van der Waals surface area contributed by atoms with Gasteiger partial charge in [0.2, 0.25) is 0 Å². The lowest BCUT2D eigenvalue weighted by molar-refractivity contribution is 0.119. The van der Waals surface area contributed by atoms with Crippen molar-refractivity contribution in [3.63, 3.8) is 0 Å². The molecule has 0 saturated carbocycles. The lowest BCUT2D eigenvalue weighted by Crippen LogP contribution is -2.33. The summed E-state index contributed by atoms with van der Waals surface area (Å²) in [6, 6.07) is 15.8. The first kappa shape index (κ1) is 19.9. The molecule has 0 N–H and O–H groups in total. The summed E-state index contributed by atoms with van der Waals surface area (Å²) in [6.45, 7) is 13.8. The third-order valence-corrected chi connectivity index (χ3v) is 6.45. The summed E-state index contributed by atoms with van der Waals surface area (Å²) in [7, 11) is 1.75. The molecule has 0 radical (unpaired) electrons. The zero-order chi connectivity index (χ0) is 19.8. The fraction of sp³-hybridized carbons (Fsp3) is 0.462. The molecular weight excluding hydrogens is 328 g/mol. The van der Waals surface area contributed by atoms with Gasteiger partial charge in [-0.25, -0.2) is 0 Å². The molecule has 3 rings (SSSR count). The van der Waals surface area contributed by atoms with Crippen LogP contribution in [0.3, 0.4) is 0 Å². The van der Waals surface area contributed by atoms with Crippen molar-refractivity contribution in [3.8, 4) is 0 Å². The maximum Gasteiger partial charge on any atom is 0.0793 e. The summed E-state index contributed by atoms with van der Waals surface area (Å²) in [5.74, 6) is 0. The third kappa shape index (κ3) is 4.04. The van der Waals surface area contributed by atoms with Crippen molar-refractivity contribution in [2.24, 2.45) is 0 Å². The molecule has 1 unspecified atom stereocenters. The molecule has 1 aliphatic carbocycles. The van der Waals surface area contributed by atoms with E-state index < -0.39 is 0 Å². The van der Waals surface area contributed by atoms with Crippen molar-refractivity contribution < 1.29 is 4.74 Å². The second kappa shape index (κ2) is 7.28. The largest absolute Gasteiger partial charge is 0.377 e. The standard InChI is InChI=1S/C26H34O/c1-18(16-20-8-10-21(11-9-20)19(2)27-7)22-12-13-23-24(17-22)26(5,6)15-14-25(23,3)4/h8-13,16-17,19H,14-15H2,1-7H3. The fourth-order valence-electron chi connectivity index (χ4n) is 4.17. The van der Waals surface area contributed by atoms with E-state index in [1.807, 2.05) is 0 Å². The van der Waals surface area contributed by atoms with Crippen molar-refractivity contribution >= 4 is 11.6 Å². The summed E-state index contributed by atoms with van der Waals surface area (Å²) in [5, 5.41) is 0. The molecule has 1 atom stereocenters. The van der Waals surface area contributed by atoms with Crippen molar-refractivity contribution in [3.05, 3.63) is 70.3 Å². The van der Waals surface area contributed by atoms with Crippen LogP contribution in [0, 0.1) is 0 Å². The number of allylic oxidation sites excluding steroid dienone is 1. The first-order valence-corrected chi connectivity index (χ1v) is 10.1. The molecule has 0 spiro atoms. The molecule has 0 fully saturated rings. The number of hydrogen-bond donors (Lipinski definition) is 0. The predicted molar refractivity (Wildman–Crippen MR) is 117 cm³/mol. The molecule has 1 nitrogen and oxygen atoms in total. The van der Waals surface area contributed by atoms with Gasteiger partial charge in [0.15, 0.2) is 0 Å². The topological polar surface area (TPSA) is 9.23 Å². The van der Waals surface area contributed by atoms with Crippen LogP contribution in [-0.4, -0.2) is 7.11 Å². The number of ether oxygens (including phenoxy) is 1. The van der Waals surface area contributed by atoms with Crippen LogP contribution in [0.15, 0.2) is 42.5 Å². The van der Waals surface area contributed by atoms with E-state index in [4.69, 9.17) is 4.74 Å². The summed E-state index contributed by atoms with van der Waals surface area (Å²) in [5.41, 5.74) is 8.65. The van der Waals surface area contributed by atoms with E-state index in [1.165, 1.54) is 46.2 Å². The monoisotopic (exact) mass is 362 g/mol. The van der Waals surface area contributed by atoms with Crippen LogP contribution >= 0.6 is 0 Å². The minimum atomic E-state index is 0.135. The van der Waals surface area contributed by atoms with Crippen LogP contribution in [0.5, 0.6) is 0 Å². The quantitative estimate of drug-likeness (QED) is 0.518. The van der Waals surface area contributed by atoms with Crippen molar-refractivity contribution in [1.82, 2.24) is 0 Å². The zero-order valence-corrected chi connectivity index (χ0v) is 18.0. The number of fused-ring (bicyclic) bond motifs is 1. The van der Waals surface area contributed by atoms with Crippen LogP contribution in [0.4, 0.5) is 0 Å². The van der Waals surface area contributed by atoms with Crippen LogP contribution in [-0.2, 0) is 15.6 Å². The Hall–Kier alpha value is -1.86. The van der Waals surface area contributed by atoms with Crippen LogP contribution in [0.25, 0.3) is 11.6 Å². The molecule has 0 amide bonds. The van der Waals surface area contributed by atoms with Gasteiger partial charge in [0.05, 0.1) is 6.10 Å². The summed E-state index contributed by atoms with van der Waals surface area (Å²) in [6.07, 6.45) is 4.92. The molecule has 0 saturated heterocycles. The molecule has 1 aliphatic rings. The molecule has 0 aliphatic heterocycles. The van der Waals surface area contributed by atoms with Crippen molar-refractivity contribution in [1.29, 1.82) is 0 Å². The van der Waals surface area contributed by atoms with E-state index in [-0.39, 0.29) is 16.9 Å². The van der Waals surface area contributed by atoms with Crippen LogP contribution in [0.1, 0.15) is 88.3 Å². The average Bonchev–Trinajstić information content (AvgIpc) is 2.65. The Morgan fingerprint density at radius 3 is 2.11 bits per heavy atom. The minimum absolute atomic E-state index is 0.135. The lowest BCUT2D eigenvalue weighted by Gasteiger charge is -2.42. The summed E-state index contributed by atoms with van der Waals surface area (Å²) < 4.78 is 5.40. The lowest BCUT2D eigenvalue weighted by atomic mass is 9.63. The van der Waals surface area contributed by atoms with Gasteiger partial charge in [-0.1, -0.05) is 76.2 Å². The molecule has 0 bridgehead atoms. The van der Waals surface area contributed by atoms with Gasteiger partial charge < -0.3 is 4.74 Å². The highest BCUT2D eigenvalue weighted by molar-refractivity contribution is 5.80. The average molecular weight is 363 g/mol. The van der Waals surface area contributed by atoms with Crippen molar-refractivity contribution in [2.45, 2.75) is 71.3 Å². The maximum atomic E-state index is 5.40. The number of hydrogen-bond acceptors (Lipinski definition) is 1. The van der Waals surface area contributed by atoms with E-state index >= 15 is 0 Å². The maximum absolute atomic E-state index is 5.40. The normalized spacial score (nSPS) is 19.4. The highest BCUT2D eigenvalue weighted by Crippen LogP contribution is 2.46. The van der Waals surface area contributed by atoms with Gasteiger partial charge in [-0.2, -0.15) is 0 Å². The van der Waals surface area contributed by atoms with Gasteiger partial charge in [0, 0.05) is 7.11 Å². The molecule has 0 aromatic heterocycles. The van der Waals surface area contributed by atoms with Gasteiger partial charge in [-0.05, 0) is 70.9 Å². The number of benzene rings is 2. The zero-order valence-electron chi connectivity index (χ0n) is 18.0. The van der Waals surface area contributed by atoms with Gasteiger partial charge >= 0.3 is 0 Å². The Bertz CT molecular complexity index is 837. The first-order chi connectivity index (χ1) is 12.6. The van der Waals surface area contributed by atoms with E-state index in [2.05, 4.69) is 90.1 Å². The molecule has 0 heterocycles. The molecule has 1 heteroatoms. The van der Waals surface area contributed by atoms with E-state index in [0.717, 1.165) is 0 Å². The Labute approximate surface area is 165 Å². The second-order valence-electron chi connectivity index (χ2n) is 9.40. The van der Waals surface area contributed by atoms with E-state index in [9.17, 15) is 0 Å². The SMILES string of the molecule is COC(C)c1ccc(C=C(C)c2ccc3c(c2)C(C)(C)CCC3(C)C)cc1. The smallest absolute Gasteiger partial charge is 0.0793 e. The highest BCUT2D eigenvalue weighted by Gasteiger charge is 2.36. The van der Waals surface area contributed by atoms with Crippen LogP contribution < -0.4 is 0 Å². The fourth-order valence-corrected chi connectivity index (χ4v) is 4.17. The third-order valence-electron chi connectivity index (χ3n) is 6.45. The molecular formula is C26H34O. The number of methoxy groups -OCH3 is 1. The summed E-state index contributed by atoms with van der Waals surface area (Å²) >= 11 is 0. The molecule has 27 heavy (non-hydrogen) atoms. The second-order valence-corrected chi connectivity index (χ2v) is 9.40. The number of rotatable bonds is 4. The van der Waals surface area contributed by atoms with Gasteiger partial charge in [-0.15, -0.1) is 0 Å². The Morgan fingerprint density at radius 2 is 1.52 bits per heavy atom. The Kier molecular flexibility index (Phi) is 5.36. The van der Waals surface area contributed by atoms with E-state index in [0.29, 0.717) is 0 Å². The minimum Gasteiger partial charge on any atom is -0.377 e. The van der Waals surface area contributed by atoms with E-state index in [1.54, 1.807) is 7.11 Å². The van der Waals surface area contributed by atoms with Gasteiger partial charge in [0.1, 0.15) is 0 Å². The summed E-state index contributed by atoms with van der Waals surface area (Å²) in [4.78, 5) is 0. The Morgan fingerprint density at radius 1 is 0.926 bits per heavy atom. The Balaban J connectivity index is 1.94. The molecule has 2 aromatic rings. The first-order valence-electron chi connectivity index (χ1n) is 10.1. The molecule has 144 valence electrons. The van der Waals surface area contributed by atoms with Gasteiger partial charge in [0.25, 0.3) is 0 Å². The predicted octanol–water partition coefficient (Wildman–Crippen LogP) is 7.30. The highest BCUT2D eigenvalue weighted by atomic mass is 16.5. The molecule has 2 aromatic carbocycles. The van der Waals surface area contributed by atoms with Gasteiger partial charge in [-0.3, -0.25) is 0 Å².